The number of thioether (sulfide) groups is 1. The van der Waals surface area contributed by atoms with Crippen molar-refractivity contribution in [1.82, 2.24) is 4.90 Å². The van der Waals surface area contributed by atoms with E-state index in [0.717, 1.165) is 4.75 Å². The lowest BCUT2D eigenvalue weighted by Gasteiger charge is -2.36. The molecule has 1 nitrogen and oxygen atoms in total. The first-order valence-electron chi connectivity index (χ1n) is 4.63. The van der Waals surface area contributed by atoms with Crippen molar-refractivity contribution in [3.8, 4) is 0 Å². The lowest BCUT2D eigenvalue weighted by Crippen LogP contribution is -2.38. The second-order valence-electron chi connectivity index (χ2n) is 3.94. The third-order valence-corrected chi connectivity index (χ3v) is 4.80. The van der Waals surface area contributed by atoms with Gasteiger partial charge in [-0.25, -0.2) is 0 Å². The van der Waals surface area contributed by atoms with Gasteiger partial charge in [0, 0.05) is 4.75 Å². The van der Waals surface area contributed by atoms with Gasteiger partial charge in [0.05, 0.1) is 0 Å². The van der Waals surface area contributed by atoms with Crippen LogP contribution in [0.3, 0.4) is 0 Å². The van der Waals surface area contributed by atoms with Crippen LogP contribution in [-0.4, -0.2) is 35.5 Å². The summed E-state index contributed by atoms with van der Waals surface area (Å²) < 4.78 is 0.729. The molecule has 0 aromatic carbocycles. The molecule has 2 heterocycles. The maximum absolute atomic E-state index is 2.46. The van der Waals surface area contributed by atoms with Crippen LogP contribution in [0.4, 0.5) is 0 Å². The Bertz CT molecular complexity index is 130. The standard InChI is InChI=1S/C9H17NS/c1-10-6-4-9(5-7-10)3-2-8-11-9/h2-8H2,1H3. The van der Waals surface area contributed by atoms with E-state index >= 15 is 0 Å². The van der Waals surface area contributed by atoms with Crippen molar-refractivity contribution >= 4 is 11.8 Å². The highest BCUT2D eigenvalue weighted by molar-refractivity contribution is 8.00. The number of rotatable bonds is 0. The fourth-order valence-corrected chi connectivity index (χ4v) is 3.66. The van der Waals surface area contributed by atoms with Crippen LogP contribution in [0.5, 0.6) is 0 Å². The van der Waals surface area contributed by atoms with E-state index in [1.807, 2.05) is 0 Å². The summed E-state index contributed by atoms with van der Waals surface area (Å²) in [6.45, 7) is 2.65. The van der Waals surface area contributed by atoms with Gasteiger partial charge in [0.1, 0.15) is 0 Å². The summed E-state index contributed by atoms with van der Waals surface area (Å²) in [5.74, 6) is 1.42. The van der Waals surface area contributed by atoms with Crippen LogP contribution < -0.4 is 0 Å². The summed E-state index contributed by atoms with van der Waals surface area (Å²) in [7, 11) is 2.24. The van der Waals surface area contributed by atoms with Crippen LogP contribution in [0.2, 0.25) is 0 Å². The summed E-state index contributed by atoms with van der Waals surface area (Å²) >= 11 is 2.24. The lowest BCUT2D eigenvalue weighted by molar-refractivity contribution is 0.236. The van der Waals surface area contributed by atoms with Gasteiger partial charge in [0.2, 0.25) is 0 Å². The summed E-state index contributed by atoms with van der Waals surface area (Å²) in [5.41, 5.74) is 0. The van der Waals surface area contributed by atoms with E-state index in [1.165, 1.54) is 44.5 Å². The fourth-order valence-electron chi connectivity index (χ4n) is 2.18. The molecule has 0 radical (unpaired) electrons. The highest BCUT2D eigenvalue weighted by Gasteiger charge is 2.36. The van der Waals surface area contributed by atoms with Gasteiger partial charge in [-0.15, -0.1) is 0 Å². The van der Waals surface area contributed by atoms with Crippen LogP contribution >= 0.6 is 11.8 Å². The van der Waals surface area contributed by atoms with Crippen molar-refractivity contribution in [2.75, 3.05) is 25.9 Å². The van der Waals surface area contributed by atoms with E-state index in [2.05, 4.69) is 23.7 Å². The number of likely N-dealkylation sites (tertiary alicyclic amines) is 1. The van der Waals surface area contributed by atoms with Crippen LogP contribution in [-0.2, 0) is 0 Å². The summed E-state index contributed by atoms with van der Waals surface area (Å²) in [6.07, 6.45) is 5.84. The van der Waals surface area contributed by atoms with Crippen LogP contribution in [0.25, 0.3) is 0 Å². The Morgan fingerprint density at radius 2 is 1.91 bits per heavy atom. The average molecular weight is 171 g/mol. The molecule has 2 saturated heterocycles. The lowest BCUT2D eigenvalue weighted by atomic mass is 9.92. The molecule has 0 aliphatic carbocycles. The van der Waals surface area contributed by atoms with Crippen molar-refractivity contribution in [1.29, 1.82) is 0 Å². The first kappa shape index (κ1) is 7.93. The molecule has 2 rings (SSSR count). The van der Waals surface area contributed by atoms with Gasteiger partial charge in [-0.05, 0) is 51.6 Å². The molecule has 64 valence electrons. The van der Waals surface area contributed by atoms with Gasteiger partial charge in [-0.2, -0.15) is 11.8 Å². The highest BCUT2D eigenvalue weighted by atomic mass is 32.2. The largest absolute Gasteiger partial charge is 0.306 e. The predicted octanol–water partition coefficient (Wildman–Crippen LogP) is 1.98. The number of piperidine rings is 1. The fraction of sp³-hybridized carbons (Fsp3) is 1.00. The molecule has 11 heavy (non-hydrogen) atoms. The highest BCUT2D eigenvalue weighted by Crippen LogP contribution is 2.45. The van der Waals surface area contributed by atoms with E-state index in [1.54, 1.807) is 0 Å². The molecule has 0 saturated carbocycles. The van der Waals surface area contributed by atoms with Gasteiger partial charge >= 0.3 is 0 Å². The van der Waals surface area contributed by atoms with Gasteiger partial charge in [-0.1, -0.05) is 0 Å². The Kier molecular flexibility index (Phi) is 2.15. The monoisotopic (exact) mass is 171 g/mol. The second-order valence-corrected chi connectivity index (χ2v) is 5.50. The molecule has 0 amide bonds. The zero-order chi connectivity index (χ0) is 7.73. The van der Waals surface area contributed by atoms with E-state index in [9.17, 15) is 0 Å². The first-order chi connectivity index (χ1) is 5.31. The molecule has 0 aromatic heterocycles. The summed E-state index contributed by atoms with van der Waals surface area (Å²) in [5, 5.41) is 0. The molecule has 0 bridgehead atoms. The van der Waals surface area contributed by atoms with Crippen LogP contribution in [0.15, 0.2) is 0 Å². The second kappa shape index (κ2) is 2.98. The van der Waals surface area contributed by atoms with Crippen molar-refractivity contribution < 1.29 is 0 Å². The van der Waals surface area contributed by atoms with E-state index in [0.29, 0.717) is 0 Å². The minimum absolute atomic E-state index is 0.729. The van der Waals surface area contributed by atoms with E-state index < -0.39 is 0 Å². The van der Waals surface area contributed by atoms with Gasteiger partial charge < -0.3 is 4.90 Å². The van der Waals surface area contributed by atoms with Crippen molar-refractivity contribution in [2.45, 2.75) is 30.4 Å². The molecule has 0 N–H and O–H groups in total. The molecule has 1 spiro atoms. The van der Waals surface area contributed by atoms with Crippen molar-refractivity contribution in [3.05, 3.63) is 0 Å². The Balaban J connectivity index is 1.94. The van der Waals surface area contributed by atoms with Gasteiger partial charge in [-0.3, -0.25) is 0 Å². The zero-order valence-electron chi connectivity index (χ0n) is 7.31. The Morgan fingerprint density at radius 1 is 1.18 bits per heavy atom. The quantitative estimate of drug-likeness (QED) is 0.548. The molecule has 0 aromatic rings. The maximum Gasteiger partial charge on any atom is 0.0184 e. The molecule has 2 aliphatic heterocycles. The molecule has 2 fully saturated rings. The van der Waals surface area contributed by atoms with E-state index in [-0.39, 0.29) is 0 Å². The van der Waals surface area contributed by atoms with E-state index in [4.69, 9.17) is 0 Å². The topological polar surface area (TPSA) is 3.24 Å². The molecule has 0 atom stereocenters. The Morgan fingerprint density at radius 3 is 2.45 bits per heavy atom. The summed E-state index contributed by atoms with van der Waals surface area (Å²) in [6, 6.07) is 0. The Labute approximate surface area is 73.5 Å². The third-order valence-electron chi connectivity index (χ3n) is 3.08. The van der Waals surface area contributed by atoms with Gasteiger partial charge in [0.25, 0.3) is 0 Å². The smallest absolute Gasteiger partial charge is 0.0184 e. The van der Waals surface area contributed by atoms with Crippen molar-refractivity contribution in [2.24, 2.45) is 0 Å². The molecular formula is C9H17NS. The minimum atomic E-state index is 0.729. The molecule has 2 heteroatoms. The SMILES string of the molecule is CN1CCC2(CCCS2)CC1. The first-order valence-corrected chi connectivity index (χ1v) is 5.62. The molecule has 0 unspecified atom stereocenters. The zero-order valence-corrected chi connectivity index (χ0v) is 8.12. The maximum atomic E-state index is 2.46. The number of hydrogen-bond acceptors (Lipinski definition) is 2. The number of hydrogen-bond donors (Lipinski definition) is 0. The molecule has 2 aliphatic rings. The predicted molar refractivity (Wildman–Crippen MR) is 51.2 cm³/mol. The van der Waals surface area contributed by atoms with Gasteiger partial charge in [0.15, 0.2) is 0 Å². The molecular weight excluding hydrogens is 154 g/mol. The third kappa shape index (κ3) is 1.57. The van der Waals surface area contributed by atoms with Crippen LogP contribution in [0.1, 0.15) is 25.7 Å². The Hall–Kier alpha value is 0.310. The van der Waals surface area contributed by atoms with Crippen molar-refractivity contribution in [3.63, 3.8) is 0 Å². The normalized spacial score (nSPS) is 31.4. The average Bonchev–Trinajstić information content (AvgIpc) is 2.45. The summed E-state index contributed by atoms with van der Waals surface area (Å²) in [4.78, 5) is 2.46. The van der Waals surface area contributed by atoms with Crippen LogP contribution in [0, 0.1) is 0 Å². The number of nitrogens with zero attached hydrogens (tertiary/aromatic N) is 1. The minimum Gasteiger partial charge on any atom is -0.306 e.